The third-order valence-electron chi connectivity index (χ3n) is 5.52. The minimum atomic E-state index is -3.70. The van der Waals surface area contributed by atoms with Crippen molar-refractivity contribution in [3.05, 3.63) is 34.3 Å². The van der Waals surface area contributed by atoms with Crippen LogP contribution in [0.4, 0.5) is 5.13 Å². The van der Waals surface area contributed by atoms with Crippen LogP contribution in [0, 0.1) is 5.92 Å². The highest BCUT2D eigenvalue weighted by atomic mass is 32.2. The number of benzene rings is 1. The van der Waals surface area contributed by atoms with E-state index in [1.807, 2.05) is 0 Å². The molecule has 1 fully saturated rings. The molecule has 0 spiro atoms. The fourth-order valence-electron chi connectivity index (χ4n) is 3.85. The van der Waals surface area contributed by atoms with Gasteiger partial charge in [-0.1, -0.05) is 6.92 Å². The SMILES string of the molecule is COc1ccc(C(=O)Nc2nc3c(s2)C[C@@H](C)CC3)cc1S(=O)(=O)N1CCCC1. The van der Waals surface area contributed by atoms with E-state index < -0.39 is 10.0 Å². The first-order chi connectivity index (χ1) is 13.9. The Hall–Kier alpha value is -1.97. The molecular weight excluding hydrogens is 410 g/mol. The molecular formula is C20H25N3O4S2. The van der Waals surface area contributed by atoms with Crippen LogP contribution in [0.5, 0.6) is 5.75 Å². The van der Waals surface area contributed by atoms with E-state index in [1.165, 1.54) is 39.8 Å². The number of methoxy groups -OCH3 is 1. The number of anilines is 1. The van der Waals surface area contributed by atoms with Crippen LogP contribution in [0.15, 0.2) is 23.1 Å². The van der Waals surface area contributed by atoms with Crippen LogP contribution in [0.1, 0.15) is 47.1 Å². The summed E-state index contributed by atoms with van der Waals surface area (Å²) in [6.45, 7) is 3.20. The molecule has 1 atom stereocenters. The second kappa shape index (κ2) is 8.04. The standard InChI is InChI=1S/C20H25N3O4S2/c1-13-5-7-15-17(11-13)28-20(21-15)22-19(24)14-6-8-16(27-2)18(12-14)29(25,26)23-9-3-4-10-23/h6,8,12-13H,3-5,7,9-11H2,1-2H3,(H,21,22,24)/t13-/m0/s1. The first-order valence-corrected chi connectivity index (χ1v) is 12.1. The lowest BCUT2D eigenvalue weighted by atomic mass is 9.93. The van der Waals surface area contributed by atoms with E-state index in [0.29, 0.717) is 24.1 Å². The van der Waals surface area contributed by atoms with Gasteiger partial charge in [0.15, 0.2) is 5.13 Å². The van der Waals surface area contributed by atoms with Crippen molar-refractivity contribution in [3.63, 3.8) is 0 Å². The minimum Gasteiger partial charge on any atom is -0.495 e. The van der Waals surface area contributed by atoms with E-state index in [2.05, 4.69) is 17.2 Å². The van der Waals surface area contributed by atoms with Crippen LogP contribution in [-0.4, -0.2) is 43.8 Å². The molecule has 7 nitrogen and oxygen atoms in total. The predicted octanol–water partition coefficient (Wildman–Crippen LogP) is 3.31. The van der Waals surface area contributed by atoms with Gasteiger partial charge in [0.05, 0.1) is 12.8 Å². The first-order valence-electron chi connectivity index (χ1n) is 9.86. The summed E-state index contributed by atoms with van der Waals surface area (Å²) < 4.78 is 32.7. The van der Waals surface area contributed by atoms with Crippen molar-refractivity contribution in [1.82, 2.24) is 9.29 Å². The van der Waals surface area contributed by atoms with E-state index in [9.17, 15) is 13.2 Å². The van der Waals surface area contributed by atoms with Gasteiger partial charge >= 0.3 is 0 Å². The fraction of sp³-hybridized carbons (Fsp3) is 0.500. The van der Waals surface area contributed by atoms with Crippen molar-refractivity contribution in [3.8, 4) is 5.75 Å². The summed E-state index contributed by atoms with van der Waals surface area (Å²) >= 11 is 1.51. The molecule has 4 rings (SSSR count). The average Bonchev–Trinajstić information content (AvgIpc) is 3.37. The van der Waals surface area contributed by atoms with Crippen molar-refractivity contribution in [2.24, 2.45) is 5.92 Å². The van der Waals surface area contributed by atoms with Crippen molar-refractivity contribution in [1.29, 1.82) is 0 Å². The molecule has 1 aromatic heterocycles. The van der Waals surface area contributed by atoms with E-state index in [4.69, 9.17) is 4.74 Å². The summed E-state index contributed by atoms with van der Waals surface area (Å²) in [5.41, 5.74) is 1.33. The number of fused-ring (bicyclic) bond motifs is 1. The average molecular weight is 436 g/mol. The summed E-state index contributed by atoms with van der Waals surface area (Å²) in [5, 5.41) is 3.40. The van der Waals surface area contributed by atoms with Crippen LogP contribution >= 0.6 is 11.3 Å². The molecule has 1 aromatic carbocycles. The zero-order valence-electron chi connectivity index (χ0n) is 16.6. The Bertz CT molecular complexity index is 1030. The molecule has 29 heavy (non-hydrogen) atoms. The third-order valence-corrected chi connectivity index (χ3v) is 8.47. The second-order valence-electron chi connectivity index (χ2n) is 7.67. The number of ether oxygens (including phenoxy) is 1. The Labute approximate surface area is 175 Å². The van der Waals surface area contributed by atoms with Crippen molar-refractivity contribution >= 4 is 32.4 Å². The van der Waals surface area contributed by atoms with E-state index >= 15 is 0 Å². The Balaban J connectivity index is 1.59. The number of carbonyl (C=O) groups is 1. The van der Waals surface area contributed by atoms with Gasteiger partial charge in [-0.15, -0.1) is 11.3 Å². The lowest BCUT2D eigenvalue weighted by Gasteiger charge is -2.18. The number of nitrogens with zero attached hydrogens (tertiary/aromatic N) is 2. The molecule has 9 heteroatoms. The number of rotatable bonds is 5. The van der Waals surface area contributed by atoms with E-state index in [0.717, 1.165) is 37.8 Å². The number of carbonyl (C=O) groups excluding carboxylic acids is 1. The summed E-state index contributed by atoms with van der Waals surface area (Å²) in [5.74, 6) is 0.503. The number of nitrogens with one attached hydrogen (secondary N) is 1. The number of thiazole rings is 1. The summed E-state index contributed by atoms with van der Waals surface area (Å²) in [6.07, 6.45) is 4.72. The molecule has 0 unspecified atom stereocenters. The molecule has 2 heterocycles. The van der Waals surface area contributed by atoms with Crippen LogP contribution in [-0.2, 0) is 22.9 Å². The summed E-state index contributed by atoms with van der Waals surface area (Å²) in [4.78, 5) is 18.6. The normalized spacial score (nSPS) is 19.7. The van der Waals surface area contributed by atoms with Gasteiger partial charge in [-0.05, 0) is 56.2 Å². The first kappa shape index (κ1) is 20.3. The number of aryl methyl sites for hydroxylation is 1. The molecule has 156 valence electrons. The Morgan fingerprint density at radius 1 is 1.31 bits per heavy atom. The van der Waals surface area contributed by atoms with Crippen LogP contribution in [0.25, 0.3) is 0 Å². The monoisotopic (exact) mass is 435 g/mol. The predicted molar refractivity (Wildman–Crippen MR) is 112 cm³/mol. The number of hydrogen-bond acceptors (Lipinski definition) is 6. The Morgan fingerprint density at radius 2 is 2.07 bits per heavy atom. The Kier molecular flexibility index (Phi) is 5.63. The molecule has 0 saturated carbocycles. The molecule has 1 saturated heterocycles. The topological polar surface area (TPSA) is 88.6 Å². The Morgan fingerprint density at radius 3 is 2.79 bits per heavy atom. The van der Waals surface area contributed by atoms with Crippen LogP contribution in [0.2, 0.25) is 0 Å². The largest absolute Gasteiger partial charge is 0.495 e. The second-order valence-corrected chi connectivity index (χ2v) is 10.7. The van der Waals surface area contributed by atoms with Crippen LogP contribution in [0.3, 0.4) is 0 Å². The zero-order valence-corrected chi connectivity index (χ0v) is 18.2. The number of aromatic nitrogens is 1. The van der Waals surface area contributed by atoms with Gasteiger partial charge < -0.3 is 4.74 Å². The molecule has 0 bridgehead atoms. The van der Waals surface area contributed by atoms with Gasteiger partial charge in [-0.2, -0.15) is 4.31 Å². The highest BCUT2D eigenvalue weighted by Gasteiger charge is 2.31. The highest BCUT2D eigenvalue weighted by Crippen LogP contribution is 2.33. The number of hydrogen-bond donors (Lipinski definition) is 1. The fourth-order valence-corrected chi connectivity index (χ4v) is 6.71. The van der Waals surface area contributed by atoms with Crippen molar-refractivity contribution in [2.75, 3.05) is 25.5 Å². The molecule has 2 aromatic rings. The zero-order chi connectivity index (χ0) is 20.6. The third kappa shape index (κ3) is 4.04. The van der Waals surface area contributed by atoms with Gasteiger partial charge in [-0.25, -0.2) is 13.4 Å². The molecule has 1 N–H and O–H groups in total. The maximum absolute atomic E-state index is 13.0. The van der Waals surface area contributed by atoms with Crippen molar-refractivity contribution in [2.45, 2.75) is 43.9 Å². The molecule has 1 aliphatic heterocycles. The molecule has 0 radical (unpaired) electrons. The quantitative estimate of drug-likeness (QED) is 0.778. The molecule has 2 aliphatic rings. The van der Waals surface area contributed by atoms with Gasteiger partial charge in [0.25, 0.3) is 5.91 Å². The maximum Gasteiger partial charge on any atom is 0.257 e. The number of sulfonamides is 1. The number of amides is 1. The lowest BCUT2D eigenvalue weighted by molar-refractivity contribution is 0.102. The highest BCUT2D eigenvalue weighted by molar-refractivity contribution is 7.89. The van der Waals surface area contributed by atoms with Crippen LogP contribution < -0.4 is 10.1 Å². The lowest BCUT2D eigenvalue weighted by Crippen LogP contribution is -2.28. The van der Waals surface area contributed by atoms with E-state index in [-0.39, 0.29) is 22.1 Å². The molecule has 1 aliphatic carbocycles. The minimum absolute atomic E-state index is 0.0295. The molecule has 1 amide bonds. The maximum atomic E-state index is 13.0. The van der Waals surface area contributed by atoms with Gasteiger partial charge in [0.2, 0.25) is 10.0 Å². The van der Waals surface area contributed by atoms with Gasteiger partial charge in [0.1, 0.15) is 10.6 Å². The van der Waals surface area contributed by atoms with Gasteiger partial charge in [0, 0.05) is 23.5 Å². The van der Waals surface area contributed by atoms with E-state index in [1.54, 1.807) is 6.07 Å². The summed E-state index contributed by atoms with van der Waals surface area (Å²) in [7, 11) is -2.27. The van der Waals surface area contributed by atoms with Crippen molar-refractivity contribution < 1.29 is 17.9 Å². The summed E-state index contributed by atoms with van der Waals surface area (Å²) in [6, 6.07) is 4.51. The smallest absolute Gasteiger partial charge is 0.257 e. The van der Waals surface area contributed by atoms with Gasteiger partial charge in [-0.3, -0.25) is 10.1 Å².